The summed E-state index contributed by atoms with van der Waals surface area (Å²) in [6, 6.07) is 18.4. The fourth-order valence-corrected chi connectivity index (χ4v) is 4.58. The van der Waals surface area contributed by atoms with E-state index in [0.717, 1.165) is 22.4 Å². The van der Waals surface area contributed by atoms with Gasteiger partial charge in [-0.15, -0.1) is 0 Å². The maximum atomic E-state index is 13.3. The molecular formula is C29H33FN2O3S. The monoisotopic (exact) mass is 508 g/mol. The highest BCUT2D eigenvalue weighted by molar-refractivity contribution is 7.84. The van der Waals surface area contributed by atoms with E-state index in [1.54, 1.807) is 30.5 Å². The van der Waals surface area contributed by atoms with Gasteiger partial charge >= 0.3 is 0 Å². The van der Waals surface area contributed by atoms with Crippen LogP contribution in [0, 0.1) is 19.7 Å². The van der Waals surface area contributed by atoms with E-state index in [1.165, 1.54) is 12.1 Å². The molecule has 3 aromatic carbocycles. The molecule has 0 aromatic heterocycles. The highest BCUT2D eigenvalue weighted by Crippen LogP contribution is 2.26. The van der Waals surface area contributed by atoms with E-state index in [9.17, 15) is 18.2 Å². The van der Waals surface area contributed by atoms with Crippen LogP contribution in [0.25, 0.3) is 0 Å². The molecule has 2 N–H and O–H groups in total. The van der Waals surface area contributed by atoms with Crippen molar-refractivity contribution in [3.05, 3.63) is 94.8 Å². The average molecular weight is 509 g/mol. The van der Waals surface area contributed by atoms with Crippen LogP contribution in [0.1, 0.15) is 52.7 Å². The van der Waals surface area contributed by atoms with Gasteiger partial charge in [0.15, 0.2) is 5.78 Å². The molecule has 190 valence electrons. The van der Waals surface area contributed by atoms with Crippen LogP contribution >= 0.6 is 0 Å². The Bertz CT molecular complexity index is 1240. The largest absolute Gasteiger partial charge is 0.355 e. The first kappa shape index (κ1) is 27.3. The predicted octanol–water partition coefficient (Wildman–Crippen LogP) is 5.82. The molecular weight excluding hydrogens is 475 g/mol. The van der Waals surface area contributed by atoms with Gasteiger partial charge < -0.3 is 10.6 Å². The van der Waals surface area contributed by atoms with Gasteiger partial charge in [0.2, 0.25) is 0 Å². The number of hydrogen-bond donors (Lipinski definition) is 2. The number of Topliss-reactive ketones (excluding diaryl/α,β-unsaturated/α-hetero) is 1. The summed E-state index contributed by atoms with van der Waals surface area (Å²) in [5.74, 6) is -0.711. The third-order valence-electron chi connectivity index (χ3n) is 6.38. The van der Waals surface area contributed by atoms with Crippen molar-refractivity contribution in [3.63, 3.8) is 0 Å². The second-order valence-electron chi connectivity index (χ2n) is 9.13. The van der Waals surface area contributed by atoms with Crippen LogP contribution in [0.3, 0.4) is 0 Å². The van der Waals surface area contributed by atoms with Crippen molar-refractivity contribution in [2.24, 2.45) is 0 Å². The van der Waals surface area contributed by atoms with E-state index in [4.69, 9.17) is 0 Å². The fraction of sp³-hybridized carbons (Fsp3) is 0.310. The van der Waals surface area contributed by atoms with Crippen LogP contribution in [0.4, 0.5) is 15.8 Å². The lowest BCUT2D eigenvalue weighted by atomic mass is 9.92. The van der Waals surface area contributed by atoms with Gasteiger partial charge in [0, 0.05) is 34.9 Å². The Hall–Kier alpha value is -3.32. The second kappa shape index (κ2) is 12.6. The van der Waals surface area contributed by atoms with E-state index in [2.05, 4.69) is 10.6 Å². The van der Waals surface area contributed by atoms with Crippen molar-refractivity contribution in [1.82, 2.24) is 5.32 Å². The first-order valence-electron chi connectivity index (χ1n) is 12.0. The van der Waals surface area contributed by atoms with E-state index in [-0.39, 0.29) is 36.3 Å². The topological polar surface area (TPSA) is 75.3 Å². The molecule has 3 aromatic rings. The van der Waals surface area contributed by atoms with Crippen LogP contribution in [-0.2, 0) is 15.6 Å². The number of halogens is 1. The van der Waals surface area contributed by atoms with Crippen molar-refractivity contribution < 1.29 is 18.2 Å². The summed E-state index contributed by atoms with van der Waals surface area (Å²) in [5.41, 5.74) is 5.01. The number of para-hydroxylation sites is 1. The lowest BCUT2D eigenvalue weighted by Gasteiger charge is -2.21. The molecule has 0 spiro atoms. The average Bonchev–Trinajstić information content (AvgIpc) is 2.85. The number of rotatable bonds is 11. The summed E-state index contributed by atoms with van der Waals surface area (Å²) in [7, 11) is -1.11. The zero-order valence-corrected chi connectivity index (χ0v) is 22.0. The number of benzene rings is 3. The minimum atomic E-state index is -1.11. The third-order valence-corrected chi connectivity index (χ3v) is 7.19. The maximum absolute atomic E-state index is 13.3. The summed E-state index contributed by atoms with van der Waals surface area (Å²) in [6.07, 6.45) is 2.03. The molecule has 1 amide bonds. The Morgan fingerprint density at radius 3 is 2.31 bits per heavy atom. The van der Waals surface area contributed by atoms with Crippen LogP contribution in [-0.4, -0.2) is 33.9 Å². The van der Waals surface area contributed by atoms with Gasteiger partial charge in [-0.25, -0.2) is 4.39 Å². The Morgan fingerprint density at radius 1 is 0.944 bits per heavy atom. The summed E-state index contributed by atoms with van der Waals surface area (Å²) in [4.78, 5) is 26.6. The minimum absolute atomic E-state index is 0.148. The molecule has 3 rings (SSSR count). The summed E-state index contributed by atoms with van der Waals surface area (Å²) < 4.78 is 25.0. The predicted molar refractivity (Wildman–Crippen MR) is 145 cm³/mol. The van der Waals surface area contributed by atoms with Crippen LogP contribution in [0.2, 0.25) is 0 Å². The van der Waals surface area contributed by atoms with Crippen molar-refractivity contribution in [3.8, 4) is 0 Å². The third kappa shape index (κ3) is 7.34. The lowest BCUT2D eigenvalue weighted by Crippen LogP contribution is -2.42. The SMILES string of the molecule is Cc1cccc(Nc2ccccc2C(=O)N[C@H](CC[S@](C)=O)C(=O)C[C@H](C)c2ccc(F)cc2)c1C. The van der Waals surface area contributed by atoms with Gasteiger partial charge in [-0.3, -0.25) is 13.8 Å². The Balaban J connectivity index is 1.78. The number of nitrogens with one attached hydrogen (secondary N) is 2. The number of ketones is 1. The minimum Gasteiger partial charge on any atom is -0.355 e. The molecule has 0 fully saturated rings. The molecule has 0 aliphatic carbocycles. The highest BCUT2D eigenvalue weighted by atomic mass is 32.2. The lowest BCUT2D eigenvalue weighted by molar-refractivity contribution is -0.121. The van der Waals surface area contributed by atoms with E-state index >= 15 is 0 Å². The van der Waals surface area contributed by atoms with Crippen LogP contribution in [0.5, 0.6) is 0 Å². The summed E-state index contributed by atoms with van der Waals surface area (Å²) >= 11 is 0. The standard InChI is InChI=1S/C29H33FN2O3S/c1-19-8-7-11-25(21(19)3)31-26-10-6-5-9-24(26)29(34)32-27(16-17-36(4)35)28(33)18-20(2)22-12-14-23(30)15-13-22/h5-15,20,27,31H,16-18H2,1-4H3,(H,32,34)/t20-,27+,36-/m0/s1. The van der Waals surface area contributed by atoms with Gasteiger partial charge in [0.1, 0.15) is 5.82 Å². The summed E-state index contributed by atoms with van der Waals surface area (Å²) in [6.45, 7) is 5.94. The second-order valence-corrected chi connectivity index (χ2v) is 10.7. The van der Waals surface area contributed by atoms with Crippen LogP contribution in [0.15, 0.2) is 66.7 Å². The molecule has 0 aliphatic rings. The number of anilines is 2. The number of amides is 1. The first-order chi connectivity index (χ1) is 17.2. The number of hydrogen-bond acceptors (Lipinski definition) is 4. The quantitative estimate of drug-likeness (QED) is 0.342. The molecule has 0 radical (unpaired) electrons. The Labute approximate surface area is 215 Å². The van der Waals surface area contributed by atoms with Crippen molar-refractivity contribution in [2.75, 3.05) is 17.3 Å². The normalized spacial score (nSPS) is 13.5. The smallest absolute Gasteiger partial charge is 0.253 e. The highest BCUT2D eigenvalue weighted by Gasteiger charge is 2.25. The van der Waals surface area contributed by atoms with Crippen molar-refractivity contribution >= 4 is 33.9 Å². The number of aryl methyl sites for hydroxylation is 1. The van der Waals surface area contributed by atoms with E-state index in [1.807, 2.05) is 51.1 Å². The zero-order chi connectivity index (χ0) is 26.2. The van der Waals surface area contributed by atoms with Gasteiger partial charge in [-0.1, -0.05) is 43.3 Å². The molecule has 0 bridgehead atoms. The molecule has 5 nitrogen and oxygen atoms in total. The zero-order valence-electron chi connectivity index (χ0n) is 21.1. The molecule has 0 saturated carbocycles. The van der Waals surface area contributed by atoms with Crippen molar-refractivity contribution in [1.29, 1.82) is 0 Å². The van der Waals surface area contributed by atoms with Gasteiger partial charge in [-0.2, -0.15) is 0 Å². The fourth-order valence-electron chi connectivity index (χ4n) is 4.01. The number of carbonyl (C=O) groups is 2. The van der Waals surface area contributed by atoms with Crippen LogP contribution < -0.4 is 10.6 Å². The van der Waals surface area contributed by atoms with Gasteiger partial charge in [-0.05, 0) is 73.2 Å². The maximum Gasteiger partial charge on any atom is 0.253 e. The molecule has 3 atom stereocenters. The summed E-state index contributed by atoms with van der Waals surface area (Å²) in [5, 5.41) is 6.23. The van der Waals surface area contributed by atoms with E-state index < -0.39 is 16.8 Å². The molecule has 0 heterocycles. The first-order valence-corrected chi connectivity index (χ1v) is 13.7. The molecule has 0 saturated heterocycles. The molecule has 7 heteroatoms. The van der Waals surface area contributed by atoms with Crippen molar-refractivity contribution in [2.45, 2.75) is 45.6 Å². The Morgan fingerprint density at radius 2 is 1.61 bits per heavy atom. The Kier molecular flexibility index (Phi) is 9.53. The molecule has 36 heavy (non-hydrogen) atoms. The van der Waals surface area contributed by atoms with E-state index in [0.29, 0.717) is 17.0 Å². The molecule has 0 aliphatic heterocycles. The van der Waals surface area contributed by atoms with Gasteiger partial charge in [0.05, 0.1) is 17.3 Å². The van der Waals surface area contributed by atoms with Gasteiger partial charge in [0.25, 0.3) is 5.91 Å². The number of carbonyl (C=O) groups excluding carboxylic acids is 2. The molecule has 0 unspecified atom stereocenters.